The van der Waals surface area contributed by atoms with Crippen LogP contribution in [-0.4, -0.2) is 76.6 Å². The lowest BCUT2D eigenvalue weighted by molar-refractivity contribution is -0.180. The molecule has 2 bridgehead atoms. The first kappa shape index (κ1) is 39.1. The molecule has 2 aliphatic heterocycles. The van der Waals surface area contributed by atoms with Crippen LogP contribution in [0, 0.1) is 0 Å². The van der Waals surface area contributed by atoms with E-state index in [-0.39, 0.29) is 30.4 Å². The second-order valence-electron chi connectivity index (χ2n) is 15.4. The Morgan fingerprint density at radius 2 is 1.47 bits per heavy atom. The SMILES string of the molecule is CCCCCCCCCCCCCCCCCC(=O)O[C@@H](C)C(=O)O[C@@H](C)C(=O)OC1=CC[C@@]2(O)[C@H]3Cc4ccc(O)c5c4C2(CCN3C)C1O5. The highest BCUT2D eigenvalue weighted by Crippen LogP contribution is 2.65. The number of phenols is 1. The molecule has 1 aromatic rings. The largest absolute Gasteiger partial charge is 0.504 e. The zero-order valence-electron chi connectivity index (χ0n) is 31.4. The number of aromatic hydroxyl groups is 1. The van der Waals surface area contributed by atoms with Gasteiger partial charge in [-0.15, -0.1) is 0 Å². The van der Waals surface area contributed by atoms with Gasteiger partial charge in [0, 0.05) is 24.4 Å². The number of carbonyl (C=O) groups excluding carboxylic acids is 3. The molecule has 1 aromatic carbocycles. The summed E-state index contributed by atoms with van der Waals surface area (Å²) in [5.41, 5.74) is -0.285. The molecule has 2 heterocycles. The van der Waals surface area contributed by atoms with Gasteiger partial charge < -0.3 is 34.1 Å². The number of phenolic OH excluding ortho intramolecular Hbond substituents is 1. The molecular formula is C41H61NO9. The monoisotopic (exact) mass is 711 g/mol. The van der Waals surface area contributed by atoms with E-state index in [0.717, 1.165) is 24.0 Å². The number of hydrogen-bond acceptors (Lipinski definition) is 10. The van der Waals surface area contributed by atoms with Crippen molar-refractivity contribution in [3.63, 3.8) is 0 Å². The maximum absolute atomic E-state index is 13.2. The summed E-state index contributed by atoms with van der Waals surface area (Å²) in [6.45, 7) is 5.79. The molecule has 10 heteroatoms. The average molecular weight is 712 g/mol. The van der Waals surface area contributed by atoms with E-state index in [2.05, 4.69) is 11.8 Å². The number of likely N-dealkylation sites (tertiary alicyclic amines) is 1. The van der Waals surface area contributed by atoms with Crippen LogP contribution >= 0.6 is 0 Å². The molecule has 1 saturated heterocycles. The maximum atomic E-state index is 13.2. The van der Waals surface area contributed by atoms with Gasteiger partial charge in [0.05, 0.1) is 11.0 Å². The Hall–Kier alpha value is -3.11. The Labute approximate surface area is 304 Å². The number of aliphatic hydroxyl groups is 1. The minimum absolute atomic E-state index is 0.0200. The summed E-state index contributed by atoms with van der Waals surface area (Å²) in [5.74, 6) is -1.58. The third-order valence-electron chi connectivity index (χ3n) is 11.8. The summed E-state index contributed by atoms with van der Waals surface area (Å²) in [7, 11) is 2.00. The van der Waals surface area contributed by atoms with Crippen molar-refractivity contribution in [2.45, 2.75) is 178 Å². The summed E-state index contributed by atoms with van der Waals surface area (Å²) < 4.78 is 22.8. The molecule has 5 rings (SSSR count). The molecule has 2 N–H and O–H groups in total. The van der Waals surface area contributed by atoms with Crippen molar-refractivity contribution < 1.29 is 43.5 Å². The highest BCUT2D eigenvalue weighted by atomic mass is 16.6. The molecule has 2 unspecified atom stereocenters. The van der Waals surface area contributed by atoms with Crippen molar-refractivity contribution in [3.05, 3.63) is 35.1 Å². The number of ether oxygens (including phenoxy) is 4. The van der Waals surface area contributed by atoms with Gasteiger partial charge in [0.25, 0.3) is 0 Å². The minimum Gasteiger partial charge on any atom is -0.504 e. The van der Waals surface area contributed by atoms with Crippen LogP contribution in [0.1, 0.15) is 147 Å². The molecular weight excluding hydrogens is 650 g/mol. The normalized spacial score (nSPS) is 25.6. The highest BCUT2D eigenvalue weighted by molar-refractivity contribution is 5.83. The fraction of sp³-hybridized carbons (Fsp3) is 0.732. The summed E-state index contributed by atoms with van der Waals surface area (Å²) in [6.07, 6.45) is 18.6. The number of likely N-dealkylation sites (N-methyl/N-ethyl adjacent to an activating group) is 1. The molecule has 1 spiro atoms. The molecule has 0 radical (unpaired) electrons. The van der Waals surface area contributed by atoms with E-state index in [0.29, 0.717) is 31.6 Å². The zero-order chi connectivity index (χ0) is 36.6. The maximum Gasteiger partial charge on any atom is 0.352 e. The van der Waals surface area contributed by atoms with Crippen LogP contribution in [0.15, 0.2) is 24.0 Å². The smallest absolute Gasteiger partial charge is 0.352 e. The number of piperidine rings is 1. The number of carbonyl (C=O) groups is 3. The van der Waals surface area contributed by atoms with Gasteiger partial charge in [0.15, 0.2) is 29.8 Å². The standard InChI is InChI=1S/C41H61NO9/c1-5-6-7-8-9-10-11-12-13-14-15-16-17-18-19-20-34(44)48-28(2)38(45)49-29(3)39(46)50-32-23-24-41(47)33-27-30-21-22-31(43)36-35(30)40(41,37(32)51-36)25-26-42(33)4/h21-23,28-29,33,37,43,47H,5-20,24-27H2,1-4H3/t28-,29-,33+,37?,40?,41+/m0/s1. The third-order valence-corrected chi connectivity index (χ3v) is 11.8. The summed E-state index contributed by atoms with van der Waals surface area (Å²) >= 11 is 0. The Bertz CT molecular complexity index is 1410. The molecule has 6 atom stereocenters. The molecule has 10 nitrogen and oxygen atoms in total. The van der Waals surface area contributed by atoms with Crippen molar-refractivity contribution in [2.24, 2.45) is 0 Å². The van der Waals surface area contributed by atoms with Gasteiger partial charge in [0.2, 0.25) is 0 Å². The van der Waals surface area contributed by atoms with Gasteiger partial charge in [-0.2, -0.15) is 0 Å². The lowest BCUT2D eigenvalue weighted by Gasteiger charge is -2.61. The van der Waals surface area contributed by atoms with Gasteiger partial charge in [-0.25, -0.2) is 9.59 Å². The molecule has 4 aliphatic rings. The first-order valence-corrected chi connectivity index (χ1v) is 19.8. The molecule has 0 saturated carbocycles. The van der Waals surface area contributed by atoms with Crippen LogP contribution in [0.4, 0.5) is 0 Å². The fourth-order valence-corrected chi connectivity index (χ4v) is 8.90. The Morgan fingerprint density at radius 1 is 0.882 bits per heavy atom. The summed E-state index contributed by atoms with van der Waals surface area (Å²) in [6, 6.07) is 3.32. The second-order valence-corrected chi connectivity index (χ2v) is 15.4. The summed E-state index contributed by atoms with van der Waals surface area (Å²) in [4.78, 5) is 40.6. The quantitative estimate of drug-likeness (QED) is 0.0759. The summed E-state index contributed by atoms with van der Waals surface area (Å²) in [5, 5.41) is 23.0. The number of rotatable bonds is 21. The average Bonchev–Trinajstić information content (AvgIpc) is 3.46. The first-order valence-electron chi connectivity index (χ1n) is 19.8. The molecule has 51 heavy (non-hydrogen) atoms. The predicted molar refractivity (Wildman–Crippen MR) is 193 cm³/mol. The Morgan fingerprint density at radius 3 is 2.10 bits per heavy atom. The predicted octanol–water partition coefficient (Wildman–Crippen LogP) is 7.34. The zero-order valence-corrected chi connectivity index (χ0v) is 31.4. The number of esters is 3. The lowest BCUT2D eigenvalue weighted by atomic mass is 9.50. The van der Waals surface area contributed by atoms with Crippen LogP contribution in [0.3, 0.4) is 0 Å². The molecule has 0 amide bonds. The van der Waals surface area contributed by atoms with E-state index in [9.17, 15) is 24.6 Å². The minimum atomic E-state index is -1.28. The molecule has 284 valence electrons. The van der Waals surface area contributed by atoms with Crippen molar-refractivity contribution in [2.75, 3.05) is 13.6 Å². The van der Waals surface area contributed by atoms with Gasteiger partial charge in [-0.05, 0) is 64.4 Å². The van der Waals surface area contributed by atoms with Crippen molar-refractivity contribution >= 4 is 17.9 Å². The van der Waals surface area contributed by atoms with E-state index < -0.39 is 47.2 Å². The number of hydrogen-bond donors (Lipinski definition) is 2. The van der Waals surface area contributed by atoms with Crippen LogP contribution in [0.5, 0.6) is 11.5 Å². The topological polar surface area (TPSA) is 132 Å². The number of benzene rings is 1. The van der Waals surface area contributed by atoms with Crippen LogP contribution in [0.25, 0.3) is 0 Å². The van der Waals surface area contributed by atoms with Gasteiger partial charge in [-0.3, -0.25) is 4.79 Å². The second kappa shape index (κ2) is 17.6. The molecule has 0 aromatic heterocycles. The highest BCUT2D eigenvalue weighted by Gasteiger charge is 2.72. The Balaban J connectivity index is 1.00. The van der Waals surface area contributed by atoms with Gasteiger partial charge >= 0.3 is 17.9 Å². The van der Waals surface area contributed by atoms with Crippen LogP contribution < -0.4 is 4.74 Å². The van der Waals surface area contributed by atoms with E-state index in [1.165, 1.54) is 90.9 Å². The lowest BCUT2D eigenvalue weighted by Crippen LogP contribution is -2.74. The number of nitrogens with zero attached hydrogens (tertiary/aromatic N) is 1. The van der Waals surface area contributed by atoms with Crippen molar-refractivity contribution in [1.82, 2.24) is 4.90 Å². The van der Waals surface area contributed by atoms with Crippen molar-refractivity contribution in [3.8, 4) is 11.5 Å². The third kappa shape index (κ3) is 8.43. The van der Waals surface area contributed by atoms with E-state index in [1.807, 2.05) is 13.1 Å². The fourth-order valence-electron chi connectivity index (χ4n) is 8.90. The number of unbranched alkanes of at least 4 members (excludes halogenated alkanes) is 14. The van der Waals surface area contributed by atoms with Crippen LogP contribution in [-0.2, 0) is 40.4 Å². The first-order chi connectivity index (χ1) is 24.5. The molecule has 2 aliphatic carbocycles. The van der Waals surface area contributed by atoms with Gasteiger partial charge in [-0.1, -0.05) is 103 Å². The van der Waals surface area contributed by atoms with Crippen LogP contribution in [0.2, 0.25) is 0 Å². The Kier molecular flexibility index (Phi) is 13.5. The van der Waals surface area contributed by atoms with E-state index in [4.69, 9.17) is 18.9 Å². The van der Waals surface area contributed by atoms with Gasteiger partial charge in [0.1, 0.15) is 5.76 Å². The van der Waals surface area contributed by atoms with Crippen molar-refractivity contribution in [1.29, 1.82) is 0 Å². The van der Waals surface area contributed by atoms with E-state index >= 15 is 0 Å². The molecule has 1 fully saturated rings. The van der Waals surface area contributed by atoms with E-state index in [1.54, 1.807) is 12.1 Å².